The predicted octanol–water partition coefficient (Wildman–Crippen LogP) is 4.36. The molecule has 0 aliphatic heterocycles. The largest absolute Gasteiger partial charge is 0.511 e. The monoisotopic (exact) mass is 385 g/mol. The SMILES string of the molecule is CCCC(=O)C1=C(O)[C@@H](C(=O)OC)C(C)(C)CC1=Nc1cccc(C(C)=O)c1. The minimum Gasteiger partial charge on any atom is -0.511 e. The van der Waals surface area contributed by atoms with E-state index in [0.29, 0.717) is 29.8 Å². The number of hydrogen-bond acceptors (Lipinski definition) is 6. The average Bonchev–Trinajstić information content (AvgIpc) is 2.60. The number of methoxy groups -OCH3 is 1. The molecule has 0 saturated carbocycles. The molecule has 150 valence electrons. The summed E-state index contributed by atoms with van der Waals surface area (Å²) in [4.78, 5) is 41.3. The molecule has 6 heteroatoms. The number of ketones is 2. The van der Waals surface area contributed by atoms with E-state index in [9.17, 15) is 19.5 Å². The van der Waals surface area contributed by atoms with Crippen molar-refractivity contribution in [2.75, 3.05) is 7.11 Å². The predicted molar refractivity (Wildman–Crippen MR) is 107 cm³/mol. The Morgan fingerprint density at radius 2 is 1.96 bits per heavy atom. The highest BCUT2D eigenvalue weighted by Crippen LogP contribution is 2.43. The fourth-order valence-electron chi connectivity index (χ4n) is 3.53. The fourth-order valence-corrected chi connectivity index (χ4v) is 3.53. The maximum atomic E-state index is 12.7. The first-order valence-corrected chi connectivity index (χ1v) is 9.35. The van der Waals surface area contributed by atoms with Crippen LogP contribution in [0.5, 0.6) is 0 Å². The van der Waals surface area contributed by atoms with Crippen molar-refractivity contribution in [2.45, 2.75) is 47.0 Å². The Balaban J connectivity index is 2.65. The highest BCUT2D eigenvalue weighted by atomic mass is 16.5. The molecule has 0 radical (unpaired) electrons. The summed E-state index contributed by atoms with van der Waals surface area (Å²) in [6, 6.07) is 6.80. The first-order valence-electron chi connectivity index (χ1n) is 9.35. The lowest BCUT2D eigenvalue weighted by molar-refractivity contribution is -0.149. The van der Waals surface area contributed by atoms with Crippen LogP contribution >= 0.6 is 0 Å². The molecule has 1 aromatic rings. The molecule has 1 aromatic carbocycles. The number of aliphatic hydroxyl groups is 1. The Morgan fingerprint density at radius 3 is 2.54 bits per heavy atom. The van der Waals surface area contributed by atoms with E-state index in [2.05, 4.69) is 4.99 Å². The lowest BCUT2D eigenvalue weighted by Crippen LogP contribution is -2.41. The Morgan fingerprint density at radius 1 is 1.29 bits per heavy atom. The molecule has 1 atom stereocenters. The number of esters is 1. The number of carbonyl (C=O) groups is 3. The summed E-state index contributed by atoms with van der Waals surface area (Å²) < 4.78 is 4.86. The van der Waals surface area contributed by atoms with Gasteiger partial charge in [0.25, 0.3) is 0 Å². The molecule has 1 aliphatic rings. The Hall–Kier alpha value is -2.76. The van der Waals surface area contributed by atoms with Gasteiger partial charge in [-0.1, -0.05) is 32.9 Å². The Labute approximate surface area is 165 Å². The van der Waals surface area contributed by atoms with Crippen LogP contribution < -0.4 is 0 Å². The highest BCUT2D eigenvalue weighted by molar-refractivity contribution is 6.24. The van der Waals surface area contributed by atoms with Crippen molar-refractivity contribution in [3.63, 3.8) is 0 Å². The van der Waals surface area contributed by atoms with Crippen molar-refractivity contribution in [1.82, 2.24) is 0 Å². The Bertz CT molecular complexity index is 863. The minimum atomic E-state index is -0.934. The average molecular weight is 385 g/mol. The molecule has 0 spiro atoms. The normalized spacial score (nSPS) is 20.2. The third-order valence-corrected chi connectivity index (χ3v) is 4.93. The standard InChI is InChI=1S/C22H27NO5/c1-6-8-17(25)18-16(23-15-10-7-9-14(11-15)13(2)24)12-22(3,4)19(20(18)26)21(27)28-5/h7,9-11,19,26H,6,8,12H2,1-5H3/t19-/m0/s1. The number of ether oxygens (including phenoxy) is 1. The van der Waals surface area contributed by atoms with E-state index in [1.165, 1.54) is 14.0 Å². The van der Waals surface area contributed by atoms with Crippen molar-refractivity contribution < 1.29 is 24.2 Å². The van der Waals surface area contributed by atoms with Crippen LogP contribution in [0.4, 0.5) is 5.69 Å². The van der Waals surface area contributed by atoms with Crippen molar-refractivity contribution in [3.05, 3.63) is 41.2 Å². The van der Waals surface area contributed by atoms with Gasteiger partial charge in [-0.2, -0.15) is 0 Å². The molecular weight excluding hydrogens is 358 g/mol. The first-order chi connectivity index (χ1) is 13.1. The van der Waals surface area contributed by atoms with Gasteiger partial charge in [0.05, 0.1) is 24.1 Å². The molecule has 0 heterocycles. The van der Waals surface area contributed by atoms with Gasteiger partial charge in [-0.3, -0.25) is 19.4 Å². The minimum absolute atomic E-state index is 0.0857. The van der Waals surface area contributed by atoms with Gasteiger partial charge in [-0.05, 0) is 37.3 Å². The second kappa shape index (κ2) is 8.50. The van der Waals surface area contributed by atoms with E-state index >= 15 is 0 Å². The van der Waals surface area contributed by atoms with Gasteiger partial charge in [0.2, 0.25) is 0 Å². The van der Waals surface area contributed by atoms with Gasteiger partial charge in [-0.25, -0.2) is 0 Å². The van der Waals surface area contributed by atoms with E-state index in [4.69, 9.17) is 4.74 Å². The van der Waals surface area contributed by atoms with E-state index in [1.807, 2.05) is 20.8 Å². The smallest absolute Gasteiger partial charge is 0.316 e. The quantitative estimate of drug-likeness (QED) is 0.580. The lowest BCUT2D eigenvalue weighted by Gasteiger charge is -2.37. The topological polar surface area (TPSA) is 93.0 Å². The number of carbonyl (C=O) groups excluding carboxylic acids is 3. The summed E-state index contributed by atoms with van der Waals surface area (Å²) >= 11 is 0. The van der Waals surface area contributed by atoms with Crippen LogP contribution in [-0.2, 0) is 14.3 Å². The first kappa shape index (κ1) is 21.5. The van der Waals surface area contributed by atoms with E-state index in [0.717, 1.165) is 0 Å². The van der Waals surface area contributed by atoms with E-state index in [-0.39, 0.29) is 29.3 Å². The van der Waals surface area contributed by atoms with Gasteiger partial charge in [0.1, 0.15) is 11.7 Å². The molecule has 0 amide bonds. The molecule has 0 saturated heterocycles. The third-order valence-electron chi connectivity index (χ3n) is 4.93. The third kappa shape index (κ3) is 4.38. The molecular formula is C22H27NO5. The molecule has 0 aromatic heterocycles. The molecule has 1 aliphatic carbocycles. The summed E-state index contributed by atoms with van der Waals surface area (Å²) in [5.41, 5.74) is 0.847. The second-order valence-corrected chi connectivity index (χ2v) is 7.72. The van der Waals surface area contributed by atoms with Gasteiger partial charge in [0, 0.05) is 12.0 Å². The van der Waals surface area contributed by atoms with Crippen molar-refractivity contribution in [1.29, 1.82) is 0 Å². The van der Waals surface area contributed by atoms with E-state index < -0.39 is 17.3 Å². The molecule has 0 unspecified atom stereocenters. The number of allylic oxidation sites excluding steroid dienone is 1. The number of aliphatic hydroxyl groups excluding tert-OH is 1. The molecule has 1 N–H and O–H groups in total. The number of aliphatic imine (C=N–C) groups is 1. The fraction of sp³-hybridized carbons (Fsp3) is 0.455. The maximum absolute atomic E-state index is 12.7. The van der Waals surface area contributed by atoms with Crippen LogP contribution in [0.15, 0.2) is 40.6 Å². The molecule has 6 nitrogen and oxygen atoms in total. The van der Waals surface area contributed by atoms with Crippen LogP contribution in [0.1, 0.15) is 57.3 Å². The lowest BCUT2D eigenvalue weighted by atomic mass is 9.67. The summed E-state index contributed by atoms with van der Waals surface area (Å²) in [6.45, 7) is 6.99. The molecule has 0 fully saturated rings. The molecule has 2 rings (SSSR count). The summed E-state index contributed by atoms with van der Waals surface area (Å²) in [5.74, 6) is -2.15. The van der Waals surface area contributed by atoms with Crippen LogP contribution in [0.25, 0.3) is 0 Å². The maximum Gasteiger partial charge on any atom is 0.316 e. The zero-order chi connectivity index (χ0) is 21.1. The number of nitrogens with zero attached hydrogens (tertiary/aromatic N) is 1. The molecule has 0 bridgehead atoms. The van der Waals surface area contributed by atoms with Crippen molar-refractivity contribution in [2.24, 2.45) is 16.3 Å². The van der Waals surface area contributed by atoms with Crippen molar-refractivity contribution >= 4 is 28.9 Å². The second-order valence-electron chi connectivity index (χ2n) is 7.72. The molecule has 28 heavy (non-hydrogen) atoms. The van der Waals surface area contributed by atoms with Crippen LogP contribution in [0.3, 0.4) is 0 Å². The van der Waals surface area contributed by atoms with Crippen LogP contribution in [0, 0.1) is 11.3 Å². The summed E-state index contributed by atoms with van der Waals surface area (Å²) in [6.07, 6.45) is 1.15. The van der Waals surface area contributed by atoms with Crippen LogP contribution in [-0.4, -0.2) is 35.5 Å². The van der Waals surface area contributed by atoms with Gasteiger partial charge < -0.3 is 9.84 Å². The number of hydrogen-bond donors (Lipinski definition) is 1. The van der Waals surface area contributed by atoms with Crippen molar-refractivity contribution in [3.8, 4) is 0 Å². The van der Waals surface area contributed by atoms with Gasteiger partial charge in [0.15, 0.2) is 11.6 Å². The number of Topliss-reactive ketones (excluding diaryl/α,β-unsaturated/α-hetero) is 2. The summed E-state index contributed by atoms with van der Waals surface area (Å²) in [5, 5.41) is 10.9. The number of benzene rings is 1. The van der Waals surface area contributed by atoms with Crippen LogP contribution in [0.2, 0.25) is 0 Å². The van der Waals surface area contributed by atoms with Gasteiger partial charge in [-0.15, -0.1) is 0 Å². The van der Waals surface area contributed by atoms with Gasteiger partial charge >= 0.3 is 5.97 Å². The summed E-state index contributed by atoms with van der Waals surface area (Å²) in [7, 11) is 1.26. The Kier molecular flexibility index (Phi) is 6.54. The highest BCUT2D eigenvalue weighted by Gasteiger charge is 2.47. The zero-order valence-electron chi connectivity index (χ0n) is 17.0. The number of rotatable bonds is 6. The van der Waals surface area contributed by atoms with E-state index in [1.54, 1.807) is 24.3 Å². The zero-order valence-corrected chi connectivity index (χ0v) is 17.0.